The van der Waals surface area contributed by atoms with Gasteiger partial charge in [-0.2, -0.15) is 0 Å². The quantitative estimate of drug-likeness (QED) is 0.222. The number of aromatic nitrogens is 2. The summed E-state index contributed by atoms with van der Waals surface area (Å²) in [7, 11) is 2.35. The van der Waals surface area contributed by atoms with Crippen molar-refractivity contribution in [3.8, 4) is 0 Å². The minimum absolute atomic E-state index is 0.0114. The van der Waals surface area contributed by atoms with Gasteiger partial charge in [0.15, 0.2) is 11.6 Å². The number of amides is 1. The monoisotopic (exact) mass is 526 g/mol. The Morgan fingerprint density at radius 2 is 1.90 bits per heavy atom. The van der Waals surface area contributed by atoms with Crippen LogP contribution in [0.5, 0.6) is 0 Å². The van der Waals surface area contributed by atoms with Gasteiger partial charge in [0.2, 0.25) is 0 Å². The minimum atomic E-state index is -1.28. The molecule has 1 atom stereocenters. The lowest BCUT2D eigenvalue weighted by molar-refractivity contribution is -0.0295. The molecule has 13 heteroatoms. The number of carbonyl (C=O) groups is 1. The molecule has 0 aliphatic carbocycles. The van der Waals surface area contributed by atoms with E-state index in [1.807, 2.05) is 5.48 Å². The van der Waals surface area contributed by atoms with E-state index in [4.69, 9.17) is 9.94 Å². The van der Waals surface area contributed by atoms with Gasteiger partial charge in [0, 0.05) is 14.1 Å². The van der Waals surface area contributed by atoms with Crippen molar-refractivity contribution in [1.82, 2.24) is 14.6 Å². The number of nitrogens with zero attached hydrogens (tertiary/aromatic N) is 2. The van der Waals surface area contributed by atoms with Crippen molar-refractivity contribution in [2.75, 3.05) is 18.5 Å². The first-order valence-electron chi connectivity index (χ1n) is 8.01. The molecular formula is C16H17F2IN4O6. The molecule has 10 nitrogen and oxygen atoms in total. The largest absolute Gasteiger partial charge is 0.394 e. The zero-order chi connectivity index (χ0) is 21.9. The fourth-order valence-corrected chi connectivity index (χ4v) is 2.67. The molecule has 0 unspecified atom stereocenters. The summed E-state index contributed by atoms with van der Waals surface area (Å²) >= 11 is 1.59. The second kappa shape index (κ2) is 9.43. The van der Waals surface area contributed by atoms with Crippen LogP contribution in [0.25, 0.3) is 0 Å². The number of aliphatic hydroxyl groups is 2. The zero-order valence-electron chi connectivity index (χ0n) is 15.2. The van der Waals surface area contributed by atoms with Crippen LogP contribution in [0.2, 0.25) is 0 Å². The van der Waals surface area contributed by atoms with Gasteiger partial charge in [-0.25, -0.2) is 19.1 Å². The van der Waals surface area contributed by atoms with Gasteiger partial charge in [-0.15, -0.1) is 0 Å². The average molecular weight is 526 g/mol. The number of anilines is 2. The van der Waals surface area contributed by atoms with E-state index in [0.29, 0.717) is 4.57 Å². The van der Waals surface area contributed by atoms with E-state index >= 15 is 0 Å². The molecule has 0 saturated carbocycles. The van der Waals surface area contributed by atoms with Crippen LogP contribution < -0.4 is 22.0 Å². The SMILES string of the molecule is Cn1c(Nc2ccc(I)c(F)c2F)c(C(=O)NOC[C@H](O)CO)c(=O)n(C)c1=O. The highest BCUT2D eigenvalue weighted by Crippen LogP contribution is 2.25. The van der Waals surface area contributed by atoms with Crippen molar-refractivity contribution in [2.24, 2.45) is 14.1 Å². The molecule has 1 heterocycles. The highest BCUT2D eigenvalue weighted by molar-refractivity contribution is 14.1. The van der Waals surface area contributed by atoms with Gasteiger partial charge >= 0.3 is 5.69 Å². The summed E-state index contributed by atoms with van der Waals surface area (Å²) in [6.07, 6.45) is -1.28. The maximum Gasteiger partial charge on any atom is 0.332 e. The highest BCUT2D eigenvalue weighted by atomic mass is 127. The van der Waals surface area contributed by atoms with E-state index in [1.165, 1.54) is 19.2 Å². The molecule has 0 bridgehead atoms. The highest BCUT2D eigenvalue weighted by Gasteiger charge is 2.24. The number of carbonyl (C=O) groups excluding carboxylic acids is 1. The van der Waals surface area contributed by atoms with Crippen LogP contribution in [-0.4, -0.2) is 44.6 Å². The fraction of sp³-hybridized carbons (Fsp3) is 0.312. The maximum absolute atomic E-state index is 14.2. The third-order valence-electron chi connectivity index (χ3n) is 3.83. The first kappa shape index (κ1) is 22.9. The van der Waals surface area contributed by atoms with Crippen molar-refractivity contribution in [3.05, 3.63) is 53.7 Å². The van der Waals surface area contributed by atoms with Gasteiger partial charge in [0.1, 0.15) is 24.1 Å². The second-order valence-corrected chi connectivity index (χ2v) is 7.02. The summed E-state index contributed by atoms with van der Waals surface area (Å²) in [6.45, 7) is -1.10. The van der Waals surface area contributed by atoms with Gasteiger partial charge in [-0.05, 0) is 34.7 Å². The third-order valence-corrected chi connectivity index (χ3v) is 4.66. The number of halogens is 3. The lowest BCUT2D eigenvalue weighted by Crippen LogP contribution is -2.44. The average Bonchev–Trinajstić information content (AvgIpc) is 2.70. The first-order valence-corrected chi connectivity index (χ1v) is 9.09. The Kier molecular flexibility index (Phi) is 7.45. The van der Waals surface area contributed by atoms with Crippen LogP contribution in [0, 0.1) is 15.2 Å². The molecule has 1 amide bonds. The summed E-state index contributed by atoms with van der Waals surface area (Å²) in [5.41, 5.74) is -0.977. The summed E-state index contributed by atoms with van der Waals surface area (Å²) in [6, 6.07) is 2.44. The molecule has 0 fully saturated rings. The molecule has 0 radical (unpaired) electrons. The number of benzene rings is 1. The molecule has 2 aromatic rings. The van der Waals surface area contributed by atoms with Gasteiger partial charge in [-0.3, -0.25) is 23.6 Å². The Morgan fingerprint density at radius 3 is 2.52 bits per heavy atom. The van der Waals surface area contributed by atoms with Gasteiger partial charge < -0.3 is 15.5 Å². The third kappa shape index (κ3) is 4.80. The Hall–Kier alpha value is -2.36. The summed E-state index contributed by atoms with van der Waals surface area (Å²) in [5.74, 6) is -3.92. The van der Waals surface area contributed by atoms with Crippen LogP contribution in [0.1, 0.15) is 10.4 Å². The van der Waals surface area contributed by atoms with E-state index in [1.54, 1.807) is 22.6 Å². The first-order chi connectivity index (χ1) is 13.6. The number of nitrogens with one attached hydrogen (secondary N) is 2. The van der Waals surface area contributed by atoms with Crippen molar-refractivity contribution in [3.63, 3.8) is 0 Å². The molecule has 1 aromatic heterocycles. The standard InChI is InChI=1S/C16H17F2IN4O6/c1-22-13(20-9-4-3-8(19)11(17)12(9)18)10(15(27)23(2)16(22)28)14(26)21-29-6-7(25)5-24/h3-4,7,20,24-25H,5-6H2,1-2H3,(H,21,26)/t7-/m1/s1. The van der Waals surface area contributed by atoms with Gasteiger partial charge in [0.25, 0.3) is 11.5 Å². The van der Waals surface area contributed by atoms with Crippen LogP contribution in [-0.2, 0) is 18.9 Å². The predicted molar refractivity (Wildman–Crippen MR) is 106 cm³/mol. The molecule has 158 valence electrons. The van der Waals surface area contributed by atoms with E-state index in [0.717, 1.165) is 11.6 Å². The Morgan fingerprint density at radius 1 is 1.24 bits per heavy atom. The molecule has 1 aromatic carbocycles. The van der Waals surface area contributed by atoms with Crippen molar-refractivity contribution >= 4 is 40.0 Å². The lowest BCUT2D eigenvalue weighted by atomic mass is 10.2. The van der Waals surface area contributed by atoms with E-state index in [2.05, 4.69) is 5.32 Å². The summed E-state index contributed by atoms with van der Waals surface area (Å²) < 4.78 is 29.6. The second-order valence-electron chi connectivity index (χ2n) is 5.86. The van der Waals surface area contributed by atoms with Crippen LogP contribution in [0.15, 0.2) is 21.7 Å². The summed E-state index contributed by atoms with van der Waals surface area (Å²) in [5, 5.41) is 20.4. The number of hydroxylamine groups is 1. The van der Waals surface area contributed by atoms with Crippen molar-refractivity contribution in [1.29, 1.82) is 0 Å². The predicted octanol–water partition coefficient (Wildman–Crippen LogP) is -0.275. The molecule has 0 aliphatic heterocycles. The minimum Gasteiger partial charge on any atom is -0.394 e. The molecule has 0 saturated heterocycles. The molecule has 29 heavy (non-hydrogen) atoms. The van der Waals surface area contributed by atoms with E-state index < -0.39 is 65.2 Å². The van der Waals surface area contributed by atoms with Gasteiger partial charge in [-0.1, -0.05) is 0 Å². The lowest BCUT2D eigenvalue weighted by Gasteiger charge is -2.17. The van der Waals surface area contributed by atoms with Crippen molar-refractivity contribution in [2.45, 2.75) is 6.10 Å². The Bertz CT molecular complexity index is 1060. The number of rotatable bonds is 7. The number of aliphatic hydroxyl groups excluding tert-OH is 2. The number of hydrogen-bond acceptors (Lipinski definition) is 7. The normalized spacial score (nSPS) is 12.0. The Balaban J connectivity index is 2.51. The fourth-order valence-electron chi connectivity index (χ4n) is 2.25. The van der Waals surface area contributed by atoms with Crippen LogP contribution >= 0.6 is 22.6 Å². The number of hydrogen-bond donors (Lipinski definition) is 4. The maximum atomic E-state index is 14.2. The van der Waals surface area contributed by atoms with Crippen molar-refractivity contribution < 1.29 is 28.6 Å². The van der Waals surface area contributed by atoms with Gasteiger partial charge in [0.05, 0.1) is 15.9 Å². The van der Waals surface area contributed by atoms with E-state index in [-0.39, 0.29) is 3.57 Å². The smallest absolute Gasteiger partial charge is 0.332 e. The van der Waals surface area contributed by atoms with Crippen LogP contribution in [0.4, 0.5) is 20.3 Å². The molecule has 0 spiro atoms. The van der Waals surface area contributed by atoms with Crippen LogP contribution in [0.3, 0.4) is 0 Å². The Labute approximate surface area is 175 Å². The topological polar surface area (TPSA) is 135 Å². The van der Waals surface area contributed by atoms with E-state index in [9.17, 15) is 28.3 Å². The molecule has 4 N–H and O–H groups in total. The molecule has 0 aliphatic rings. The zero-order valence-corrected chi connectivity index (χ0v) is 17.4. The summed E-state index contributed by atoms with van der Waals surface area (Å²) in [4.78, 5) is 41.9. The molecule has 2 rings (SSSR count). The molecular weight excluding hydrogens is 509 g/mol.